The van der Waals surface area contributed by atoms with Crippen molar-refractivity contribution in [2.24, 2.45) is 0 Å². The first-order valence-electron chi connectivity index (χ1n) is 7.87. The van der Waals surface area contributed by atoms with Crippen LogP contribution in [-0.2, 0) is 4.79 Å². The Hall–Kier alpha value is -3.08. The van der Waals surface area contributed by atoms with E-state index in [-0.39, 0.29) is 5.78 Å². The lowest BCUT2D eigenvalue weighted by Crippen LogP contribution is -2.20. The molecule has 0 bridgehead atoms. The van der Waals surface area contributed by atoms with Crippen molar-refractivity contribution in [1.82, 2.24) is 0 Å². The molecule has 0 N–H and O–H groups in total. The standard InChI is InChI=1S/C20H18O5/c1-12(21)13(2)24-16-8-9-17-18(11-20(22)25-19(17)10-16)14-4-6-15(23-3)7-5-14/h4-11,13H,1-3H3. The molecule has 3 rings (SSSR count). The monoisotopic (exact) mass is 338 g/mol. The maximum atomic E-state index is 12.0. The molecule has 0 aliphatic heterocycles. The Labute approximate surface area is 144 Å². The molecular weight excluding hydrogens is 320 g/mol. The molecule has 0 saturated heterocycles. The number of Topliss-reactive ketones (excluding diaryl/α,β-unsaturated/α-hetero) is 1. The van der Waals surface area contributed by atoms with Crippen LogP contribution < -0.4 is 15.1 Å². The summed E-state index contributed by atoms with van der Waals surface area (Å²) in [4.78, 5) is 23.3. The number of methoxy groups -OCH3 is 1. The van der Waals surface area contributed by atoms with E-state index in [9.17, 15) is 9.59 Å². The van der Waals surface area contributed by atoms with Crippen molar-refractivity contribution in [1.29, 1.82) is 0 Å². The molecule has 0 aliphatic carbocycles. The van der Waals surface area contributed by atoms with Crippen molar-refractivity contribution in [3.8, 4) is 22.6 Å². The lowest BCUT2D eigenvalue weighted by molar-refractivity contribution is -0.122. The van der Waals surface area contributed by atoms with Gasteiger partial charge in [0.25, 0.3) is 0 Å². The molecule has 0 amide bonds. The van der Waals surface area contributed by atoms with Crippen LogP contribution in [0.3, 0.4) is 0 Å². The smallest absolute Gasteiger partial charge is 0.336 e. The highest BCUT2D eigenvalue weighted by Crippen LogP contribution is 2.30. The molecule has 3 aromatic rings. The Bertz CT molecular complexity index is 970. The van der Waals surface area contributed by atoms with Crippen LogP contribution in [0.25, 0.3) is 22.1 Å². The molecule has 5 nitrogen and oxygen atoms in total. The van der Waals surface area contributed by atoms with Gasteiger partial charge in [0.2, 0.25) is 0 Å². The Balaban J connectivity index is 2.07. The quantitative estimate of drug-likeness (QED) is 0.662. The van der Waals surface area contributed by atoms with Gasteiger partial charge in [0.1, 0.15) is 17.1 Å². The summed E-state index contributed by atoms with van der Waals surface area (Å²) < 4.78 is 16.0. The van der Waals surface area contributed by atoms with Crippen molar-refractivity contribution >= 4 is 16.8 Å². The molecule has 0 radical (unpaired) electrons. The number of carbonyl (C=O) groups excluding carboxylic acids is 1. The number of fused-ring (bicyclic) bond motifs is 1. The second-order valence-corrected chi connectivity index (χ2v) is 5.74. The average Bonchev–Trinajstić information content (AvgIpc) is 2.60. The van der Waals surface area contributed by atoms with Crippen LogP contribution in [0.5, 0.6) is 11.5 Å². The lowest BCUT2D eigenvalue weighted by Gasteiger charge is -2.12. The van der Waals surface area contributed by atoms with Gasteiger partial charge in [-0.3, -0.25) is 4.79 Å². The normalized spacial score (nSPS) is 12.0. The zero-order valence-electron chi connectivity index (χ0n) is 14.2. The Morgan fingerprint density at radius 1 is 1.04 bits per heavy atom. The topological polar surface area (TPSA) is 65.7 Å². The fourth-order valence-electron chi connectivity index (χ4n) is 2.51. The molecule has 0 aliphatic rings. The predicted molar refractivity (Wildman–Crippen MR) is 95.2 cm³/mol. The fourth-order valence-corrected chi connectivity index (χ4v) is 2.51. The summed E-state index contributed by atoms with van der Waals surface area (Å²) in [6.07, 6.45) is -0.561. The van der Waals surface area contributed by atoms with Crippen LogP contribution in [0, 0.1) is 0 Å². The predicted octanol–water partition coefficient (Wildman–Crippen LogP) is 3.82. The summed E-state index contributed by atoms with van der Waals surface area (Å²) in [5.74, 6) is 1.14. The maximum Gasteiger partial charge on any atom is 0.336 e. The molecule has 25 heavy (non-hydrogen) atoms. The zero-order chi connectivity index (χ0) is 18.0. The van der Waals surface area contributed by atoms with Crippen LogP contribution in [0.15, 0.2) is 57.7 Å². The van der Waals surface area contributed by atoms with E-state index >= 15 is 0 Å². The minimum Gasteiger partial charge on any atom is -0.497 e. The number of ketones is 1. The lowest BCUT2D eigenvalue weighted by atomic mass is 10.0. The Morgan fingerprint density at radius 3 is 2.36 bits per heavy atom. The van der Waals surface area contributed by atoms with Gasteiger partial charge in [-0.2, -0.15) is 0 Å². The minimum atomic E-state index is -0.561. The van der Waals surface area contributed by atoms with Gasteiger partial charge in [-0.05, 0) is 49.2 Å². The first kappa shape index (κ1) is 16.8. The third-order valence-corrected chi connectivity index (χ3v) is 4.00. The minimum absolute atomic E-state index is 0.0754. The van der Waals surface area contributed by atoms with E-state index in [0.717, 1.165) is 22.3 Å². The molecule has 0 spiro atoms. The second-order valence-electron chi connectivity index (χ2n) is 5.74. The van der Waals surface area contributed by atoms with Gasteiger partial charge in [-0.15, -0.1) is 0 Å². The van der Waals surface area contributed by atoms with E-state index < -0.39 is 11.7 Å². The third kappa shape index (κ3) is 3.55. The van der Waals surface area contributed by atoms with E-state index in [4.69, 9.17) is 13.9 Å². The SMILES string of the molecule is COc1ccc(-c2cc(=O)oc3cc(OC(C)C(C)=O)ccc23)cc1. The first-order chi connectivity index (χ1) is 12.0. The largest absolute Gasteiger partial charge is 0.497 e. The molecule has 128 valence electrons. The van der Waals surface area contributed by atoms with Crippen molar-refractivity contribution in [3.63, 3.8) is 0 Å². The van der Waals surface area contributed by atoms with Crippen molar-refractivity contribution in [3.05, 3.63) is 59.0 Å². The van der Waals surface area contributed by atoms with Crippen molar-refractivity contribution < 1.29 is 18.7 Å². The number of hydrogen-bond acceptors (Lipinski definition) is 5. The summed E-state index contributed by atoms with van der Waals surface area (Å²) in [6, 6.07) is 14.1. The van der Waals surface area contributed by atoms with Gasteiger partial charge in [-0.1, -0.05) is 12.1 Å². The molecule has 0 fully saturated rings. The zero-order valence-corrected chi connectivity index (χ0v) is 14.2. The molecule has 2 aromatic carbocycles. The number of ether oxygens (including phenoxy) is 2. The van der Waals surface area contributed by atoms with E-state index in [0.29, 0.717) is 11.3 Å². The van der Waals surface area contributed by atoms with Crippen LogP contribution in [-0.4, -0.2) is 19.0 Å². The first-order valence-corrected chi connectivity index (χ1v) is 7.87. The summed E-state index contributed by atoms with van der Waals surface area (Å²) >= 11 is 0. The summed E-state index contributed by atoms with van der Waals surface area (Å²) in [5, 5.41) is 0.785. The van der Waals surface area contributed by atoms with Gasteiger partial charge in [0, 0.05) is 17.5 Å². The Morgan fingerprint density at radius 2 is 1.72 bits per heavy atom. The average molecular weight is 338 g/mol. The van der Waals surface area contributed by atoms with Gasteiger partial charge in [0.05, 0.1) is 7.11 Å². The molecule has 1 unspecified atom stereocenters. The second kappa shape index (κ2) is 6.81. The number of carbonyl (C=O) groups is 1. The van der Waals surface area contributed by atoms with Crippen molar-refractivity contribution in [2.75, 3.05) is 7.11 Å². The summed E-state index contributed by atoms with van der Waals surface area (Å²) in [5.41, 5.74) is 1.60. The number of benzene rings is 2. The van der Waals surface area contributed by atoms with Crippen LogP contribution in [0.2, 0.25) is 0 Å². The van der Waals surface area contributed by atoms with E-state index in [1.165, 1.54) is 13.0 Å². The van der Waals surface area contributed by atoms with Crippen LogP contribution in [0.1, 0.15) is 13.8 Å². The highest BCUT2D eigenvalue weighted by atomic mass is 16.5. The highest BCUT2D eigenvalue weighted by molar-refractivity contribution is 5.93. The molecule has 1 atom stereocenters. The number of hydrogen-bond donors (Lipinski definition) is 0. The summed E-state index contributed by atoms with van der Waals surface area (Å²) in [7, 11) is 1.60. The highest BCUT2D eigenvalue weighted by Gasteiger charge is 2.12. The molecule has 1 heterocycles. The molecule has 1 aromatic heterocycles. The van der Waals surface area contributed by atoms with E-state index in [2.05, 4.69) is 0 Å². The van der Waals surface area contributed by atoms with Gasteiger partial charge in [0.15, 0.2) is 11.9 Å². The Kier molecular flexibility index (Phi) is 4.57. The van der Waals surface area contributed by atoms with Gasteiger partial charge >= 0.3 is 5.63 Å². The van der Waals surface area contributed by atoms with Gasteiger partial charge < -0.3 is 13.9 Å². The third-order valence-electron chi connectivity index (χ3n) is 4.00. The maximum absolute atomic E-state index is 12.0. The van der Waals surface area contributed by atoms with Crippen LogP contribution in [0.4, 0.5) is 0 Å². The molecule has 0 saturated carbocycles. The van der Waals surface area contributed by atoms with Crippen LogP contribution >= 0.6 is 0 Å². The van der Waals surface area contributed by atoms with E-state index in [1.807, 2.05) is 30.3 Å². The number of rotatable bonds is 5. The fraction of sp³-hybridized carbons (Fsp3) is 0.200. The van der Waals surface area contributed by atoms with E-state index in [1.54, 1.807) is 26.2 Å². The van der Waals surface area contributed by atoms with Gasteiger partial charge in [-0.25, -0.2) is 4.79 Å². The van der Waals surface area contributed by atoms with Crippen molar-refractivity contribution in [2.45, 2.75) is 20.0 Å². The molecule has 5 heteroatoms. The molecular formula is C20H18O5. The summed E-state index contributed by atoms with van der Waals surface area (Å²) in [6.45, 7) is 3.14.